The number of Topliss-reactive ketones (excluding diaryl/α,β-unsaturated/α-hetero) is 1. The Bertz CT molecular complexity index is 577. The second kappa shape index (κ2) is 10.9. The van der Waals surface area contributed by atoms with Crippen molar-refractivity contribution in [1.29, 1.82) is 0 Å². The third kappa shape index (κ3) is 6.40. The van der Waals surface area contributed by atoms with Crippen LogP contribution >= 0.6 is 0 Å². The molecule has 2 rings (SSSR count). The molecule has 0 spiro atoms. The lowest BCUT2D eigenvalue weighted by atomic mass is 9.81. The highest BCUT2D eigenvalue weighted by molar-refractivity contribution is 5.94. The molecule has 0 bridgehead atoms. The summed E-state index contributed by atoms with van der Waals surface area (Å²) >= 11 is 0. The fourth-order valence-electron chi connectivity index (χ4n) is 4.34. The van der Waals surface area contributed by atoms with E-state index in [1.54, 1.807) is 12.0 Å². The van der Waals surface area contributed by atoms with Crippen LogP contribution in [0.15, 0.2) is 0 Å². The zero-order chi connectivity index (χ0) is 21.4. The third-order valence-corrected chi connectivity index (χ3v) is 6.21. The zero-order valence-electron chi connectivity index (χ0n) is 18.3. The molecule has 166 valence electrons. The SMILES string of the molecule is CCC1OCC(=O)C1NC(=O)C(CC1(C)CCCC1)NC(=O)N(CC)CCOC. The molecule has 0 aromatic rings. The number of hydrogen-bond donors (Lipinski definition) is 2. The Morgan fingerprint density at radius 1 is 1.31 bits per heavy atom. The molecule has 8 heteroatoms. The van der Waals surface area contributed by atoms with Gasteiger partial charge < -0.3 is 25.0 Å². The van der Waals surface area contributed by atoms with Crippen LogP contribution in [0.25, 0.3) is 0 Å². The number of amides is 3. The summed E-state index contributed by atoms with van der Waals surface area (Å²) in [5, 5.41) is 5.77. The van der Waals surface area contributed by atoms with E-state index in [1.807, 2.05) is 13.8 Å². The Morgan fingerprint density at radius 2 is 2.00 bits per heavy atom. The van der Waals surface area contributed by atoms with Gasteiger partial charge in [-0.1, -0.05) is 26.7 Å². The van der Waals surface area contributed by atoms with Crippen LogP contribution in [0.5, 0.6) is 0 Å². The minimum atomic E-state index is -0.687. The van der Waals surface area contributed by atoms with Crippen molar-refractivity contribution in [1.82, 2.24) is 15.5 Å². The number of ketones is 1. The van der Waals surface area contributed by atoms with Gasteiger partial charge in [-0.05, 0) is 38.0 Å². The highest BCUT2D eigenvalue weighted by atomic mass is 16.5. The molecule has 1 saturated heterocycles. The molecule has 2 N–H and O–H groups in total. The number of likely N-dealkylation sites (N-methyl/N-ethyl adjacent to an activating group) is 1. The molecule has 0 aromatic carbocycles. The Kier molecular flexibility index (Phi) is 8.89. The maximum absolute atomic E-state index is 13.1. The van der Waals surface area contributed by atoms with Crippen molar-refractivity contribution >= 4 is 17.7 Å². The van der Waals surface area contributed by atoms with Gasteiger partial charge in [-0.25, -0.2) is 4.79 Å². The number of carbonyl (C=O) groups is 3. The van der Waals surface area contributed by atoms with E-state index in [0.717, 1.165) is 25.7 Å². The van der Waals surface area contributed by atoms with E-state index >= 15 is 0 Å². The standard InChI is InChI=1S/C21H37N3O5/c1-5-17-18(16(25)14-29-17)23-19(26)15(13-21(3)9-7-8-10-21)22-20(27)24(6-2)11-12-28-4/h15,17-18H,5-14H2,1-4H3,(H,22,27)(H,23,26). The van der Waals surface area contributed by atoms with E-state index in [2.05, 4.69) is 17.6 Å². The van der Waals surface area contributed by atoms with Crippen LogP contribution in [0, 0.1) is 5.41 Å². The molecule has 2 fully saturated rings. The van der Waals surface area contributed by atoms with E-state index in [-0.39, 0.29) is 35.8 Å². The minimum Gasteiger partial charge on any atom is -0.383 e. The average molecular weight is 412 g/mol. The van der Waals surface area contributed by atoms with Crippen molar-refractivity contribution in [3.63, 3.8) is 0 Å². The second-order valence-corrected chi connectivity index (χ2v) is 8.51. The summed E-state index contributed by atoms with van der Waals surface area (Å²) in [5.41, 5.74) is 0.0131. The number of nitrogens with one attached hydrogen (secondary N) is 2. The van der Waals surface area contributed by atoms with Gasteiger partial charge in [-0.15, -0.1) is 0 Å². The van der Waals surface area contributed by atoms with Gasteiger partial charge in [0, 0.05) is 20.2 Å². The van der Waals surface area contributed by atoms with E-state index in [4.69, 9.17) is 9.47 Å². The molecule has 2 aliphatic rings. The molecule has 3 unspecified atom stereocenters. The summed E-state index contributed by atoms with van der Waals surface area (Å²) in [6, 6.07) is -1.61. The molecule has 1 heterocycles. The fourth-order valence-corrected chi connectivity index (χ4v) is 4.34. The lowest BCUT2D eigenvalue weighted by Gasteiger charge is -2.32. The van der Waals surface area contributed by atoms with Gasteiger partial charge in [-0.3, -0.25) is 9.59 Å². The number of nitrogens with zero attached hydrogens (tertiary/aromatic N) is 1. The van der Waals surface area contributed by atoms with Crippen LogP contribution < -0.4 is 10.6 Å². The van der Waals surface area contributed by atoms with Crippen LogP contribution in [0.4, 0.5) is 4.79 Å². The van der Waals surface area contributed by atoms with Crippen LogP contribution in [0.3, 0.4) is 0 Å². The first kappa shape index (κ1) is 23.6. The molecule has 29 heavy (non-hydrogen) atoms. The second-order valence-electron chi connectivity index (χ2n) is 8.51. The molecule has 8 nitrogen and oxygen atoms in total. The fraction of sp³-hybridized carbons (Fsp3) is 0.857. The molecular weight excluding hydrogens is 374 g/mol. The highest BCUT2D eigenvalue weighted by Gasteiger charge is 2.40. The summed E-state index contributed by atoms with van der Waals surface area (Å²) in [6.45, 7) is 7.43. The Labute approximate surface area is 174 Å². The third-order valence-electron chi connectivity index (χ3n) is 6.21. The summed E-state index contributed by atoms with van der Waals surface area (Å²) in [6.07, 6.45) is 5.25. The normalized spacial score (nSPS) is 24.3. The van der Waals surface area contributed by atoms with Crippen LogP contribution in [0.2, 0.25) is 0 Å². The monoisotopic (exact) mass is 411 g/mol. The molecule has 0 radical (unpaired) electrons. The zero-order valence-corrected chi connectivity index (χ0v) is 18.3. The predicted molar refractivity (Wildman–Crippen MR) is 110 cm³/mol. The first-order chi connectivity index (χ1) is 13.8. The van der Waals surface area contributed by atoms with Gasteiger partial charge in [0.25, 0.3) is 0 Å². The summed E-state index contributed by atoms with van der Waals surface area (Å²) < 4.78 is 10.5. The van der Waals surface area contributed by atoms with Crippen molar-refractivity contribution in [2.45, 2.75) is 77.5 Å². The predicted octanol–water partition coefficient (Wildman–Crippen LogP) is 1.87. The molecule has 1 aliphatic heterocycles. The van der Waals surface area contributed by atoms with E-state index in [9.17, 15) is 14.4 Å². The van der Waals surface area contributed by atoms with Crippen molar-refractivity contribution in [2.24, 2.45) is 5.41 Å². The van der Waals surface area contributed by atoms with Gasteiger partial charge in [0.2, 0.25) is 5.91 Å². The number of carbonyl (C=O) groups excluding carboxylic acids is 3. The largest absolute Gasteiger partial charge is 0.383 e. The van der Waals surface area contributed by atoms with Crippen LogP contribution in [0.1, 0.15) is 59.3 Å². The maximum Gasteiger partial charge on any atom is 0.318 e. The molecule has 3 amide bonds. The van der Waals surface area contributed by atoms with Gasteiger partial charge in [0.15, 0.2) is 5.78 Å². The number of ether oxygens (including phenoxy) is 2. The van der Waals surface area contributed by atoms with Crippen molar-refractivity contribution < 1.29 is 23.9 Å². The average Bonchev–Trinajstić information content (AvgIpc) is 3.27. The van der Waals surface area contributed by atoms with Gasteiger partial charge in [-0.2, -0.15) is 0 Å². The summed E-state index contributed by atoms with van der Waals surface area (Å²) in [7, 11) is 1.59. The minimum absolute atomic E-state index is 0.0131. The highest BCUT2D eigenvalue weighted by Crippen LogP contribution is 2.41. The molecule has 1 saturated carbocycles. The smallest absolute Gasteiger partial charge is 0.318 e. The quantitative estimate of drug-likeness (QED) is 0.572. The lowest BCUT2D eigenvalue weighted by molar-refractivity contribution is -0.128. The van der Waals surface area contributed by atoms with E-state index in [0.29, 0.717) is 32.5 Å². The van der Waals surface area contributed by atoms with E-state index in [1.165, 1.54) is 0 Å². The number of rotatable bonds is 10. The first-order valence-electron chi connectivity index (χ1n) is 10.8. The van der Waals surface area contributed by atoms with Crippen molar-refractivity contribution in [3.05, 3.63) is 0 Å². The van der Waals surface area contributed by atoms with Crippen LogP contribution in [-0.4, -0.2) is 74.2 Å². The van der Waals surface area contributed by atoms with Crippen molar-refractivity contribution in [3.8, 4) is 0 Å². The molecular formula is C21H37N3O5. The number of urea groups is 1. The van der Waals surface area contributed by atoms with Crippen LogP contribution in [-0.2, 0) is 19.1 Å². The maximum atomic E-state index is 13.1. The number of methoxy groups -OCH3 is 1. The molecule has 3 atom stereocenters. The van der Waals surface area contributed by atoms with Gasteiger partial charge in [0.1, 0.15) is 18.7 Å². The Balaban J connectivity index is 2.10. The van der Waals surface area contributed by atoms with Gasteiger partial charge in [0.05, 0.1) is 12.7 Å². The lowest BCUT2D eigenvalue weighted by Crippen LogP contribution is -2.56. The van der Waals surface area contributed by atoms with E-state index < -0.39 is 12.1 Å². The summed E-state index contributed by atoms with van der Waals surface area (Å²) in [4.78, 5) is 39.7. The summed E-state index contributed by atoms with van der Waals surface area (Å²) in [5.74, 6) is -0.422. The van der Waals surface area contributed by atoms with Crippen molar-refractivity contribution in [2.75, 3.05) is 33.4 Å². The first-order valence-corrected chi connectivity index (χ1v) is 10.8. The Morgan fingerprint density at radius 3 is 2.59 bits per heavy atom. The topological polar surface area (TPSA) is 97.0 Å². The number of hydrogen-bond acceptors (Lipinski definition) is 5. The Hall–Kier alpha value is -1.67. The molecule has 1 aliphatic carbocycles. The van der Waals surface area contributed by atoms with Gasteiger partial charge >= 0.3 is 6.03 Å². The molecule has 0 aromatic heterocycles.